The number of nitrogens with one attached hydrogen (secondary N) is 1. The highest BCUT2D eigenvalue weighted by Crippen LogP contribution is 2.32. The van der Waals surface area contributed by atoms with Crippen molar-refractivity contribution in [2.24, 2.45) is 7.05 Å². The van der Waals surface area contributed by atoms with Crippen LogP contribution in [-0.2, 0) is 7.05 Å². The Labute approximate surface area is 147 Å². The molecule has 3 rings (SSSR count). The third-order valence-electron chi connectivity index (χ3n) is 4.58. The number of hydrogen-bond donors (Lipinski definition) is 1. The Morgan fingerprint density at radius 2 is 2.12 bits per heavy atom. The molecule has 5 nitrogen and oxygen atoms in total. The zero-order valence-corrected chi connectivity index (χ0v) is 15.2. The number of urea groups is 1. The summed E-state index contributed by atoms with van der Waals surface area (Å²) < 4.78 is 1.79. The summed E-state index contributed by atoms with van der Waals surface area (Å²) in [5, 5.41) is 7.37. The molecule has 1 saturated heterocycles. The van der Waals surface area contributed by atoms with Crippen LogP contribution in [0.4, 0.5) is 4.79 Å². The van der Waals surface area contributed by atoms with Gasteiger partial charge >= 0.3 is 6.03 Å². The Morgan fingerprint density at radius 1 is 1.38 bits per heavy atom. The molecule has 24 heavy (non-hydrogen) atoms. The molecule has 0 spiro atoms. The van der Waals surface area contributed by atoms with E-state index in [1.54, 1.807) is 16.4 Å². The highest BCUT2D eigenvalue weighted by molar-refractivity contribution is 7.98. The first-order valence-electron chi connectivity index (χ1n) is 8.28. The second-order valence-electron chi connectivity index (χ2n) is 6.24. The smallest absolute Gasteiger partial charge is 0.318 e. The standard InChI is InChI=1S/C18H24N4OS/c1-13(14-6-8-16(24-3)9-7-14)20-18(23)22-10-4-5-17(22)15-11-19-21(2)12-15/h6-9,11-13,17H,4-5,10H2,1-3H3,(H,20,23)/t13-,17-/m1/s1. The molecule has 2 aromatic rings. The number of likely N-dealkylation sites (tertiary alicyclic amines) is 1. The summed E-state index contributed by atoms with van der Waals surface area (Å²) in [5.41, 5.74) is 2.24. The molecule has 6 heteroatoms. The van der Waals surface area contributed by atoms with Crippen LogP contribution in [0.1, 0.15) is 43.0 Å². The van der Waals surface area contributed by atoms with E-state index < -0.39 is 0 Å². The van der Waals surface area contributed by atoms with Gasteiger partial charge in [0.25, 0.3) is 0 Å². The van der Waals surface area contributed by atoms with E-state index in [0.717, 1.165) is 30.5 Å². The van der Waals surface area contributed by atoms with Crippen molar-refractivity contribution < 1.29 is 4.79 Å². The van der Waals surface area contributed by atoms with Crippen LogP contribution in [0.2, 0.25) is 0 Å². The third-order valence-corrected chi connectivity index (χ3v) is 5.32. The lowest BCUT2D eigenvalue weighted by Gasteiger charge is -2.26. The topological polar surface area (TPSA) is 50.2 Å². The molecule has 1 aliphatic heterocycles. The second-order valence-corrected chi connectivity index (χ2v) is 7.12. The number of rotatable bonds is 4. The summed E-state index contributed by atoms with van der Waals surface area (Å²) in [6.07, 6.45) is 7.95. The lowest BCUT2D eigenvalue weighted by atomic mass is 10.1. The van der Waals surface area contributed by atoms with Gasteiger partial charge in [-0.25, -0.2) is 4.79 Å². The Balaban J connectivity index is 1.66. The summed E-state index contributed by atoms with van der Waals surface area (Å²) >= 11 is 1.72. The molecule has 1 fully saturated rings. The normalized spacial score (nSPS) is 18.6. The minimum atomic E-state index is -0.0106. The van der Waals surface area contributed by atoms with Gasteiger partial charge in [0.15, 0.2) is 0 Å². The minimum absolute atomic E-state index is 0.00259. The molecule has 1 aromatic carbocycles. The molecule has 2 amide bonds. The van der Waals surface area contributed by atoms with Gasteiger partial charge in [-0.1, -0.05) is 12.1 Å². The Kier molecular flexibility index (Phi) is 5.14. The summed E-state index contributed by atoms with van der Waals surface area (Å²) in [6.45, 7) is 2.82. The molecule has 0 unspecified atom stereocenters. The average molecular weight is 344 g/mol. The van der Waals surface area contributed by atoms with Crippen LogP contribution in [0.5, 0.6) is 0 Å². The van der Waals surface area contributed by atoms with Crippen LogP contribution in [0.25, 0.3) is 0 Å². The van der Waals surface area contributed by atoms with Gasteiger partial charge in [-0.2, -0.15) is 5.10 Å². The minimum Gasteiger partial charge on any atom is -0.331 e. The van der Waals surface area contributed by atoms with E-state index in [4.69, 9.17) is 0 Å². The van der Waals surface area contributed by atoms with Crippen LogP contribution in [0.15, 0.2) is 41.6 Å². The number of benzene rings is 1. The first kappa shape index (κ1) is 16.9. The van der Waals surface area contributed by atoms with Crippen LogP contribution in [0, 0.1) is 0 Å². The predicted molar refractivity (Wildman–Crippen MR) is 97.1 cm³/mol. The molecule has 1 aromatic heterocycles. The van der Waals surface area contributed by atoms with Crippen LogP contribution < -0.4 is 5.32 Å². The van der Waals surface area contributed by atoms with Crippen LogP contribution in [-0.4, -0.2) is 33.5 Å². The van der Waals surface area contributed by atoms with Gasteiger partial charge < -0.3 is 10.2 Å². The van der Waals surface area contributed by atoms with Gasteiger partial charge in [0.2, 0.25) is 0 Å². The lowest BCUT2D eigenvalue weighted by molar-refractivity contribution is 0.189. The number of hydrogen-bond acceptors (Lipinski definition) is 3. The zero-order chi connectivity index (χ0) is 17.1. The van der Waals surface area contributed by atoms with Crippen molar-refractivity contribution in [2.75, 3.05) is 12.8 Å². The van der Waals surface area contributed by atoms with Crippen molar-refractivity contribution in [2.45, 2.75) is 36.7 Å². The fourth-order valence-corrected chi connectivity index (χ4v) is 3.62. The number of carbonyl (C=O) groups is 1. The van der Waals surface area contributed by atoms with E-state index in [1.165, 1.54) is 4.90 Å². The van der Waals surface area contributed by atoms with Crippen molar-refractivity contribution in [1.29, 1.82) is 0 Å². The van der Waals surface area contributed by atoms with Crippen molar-refractivity contribution >= 4 is 17.8 Å². The van der Waals surface area contributed by atoms with Crippen LogP contribution in [0.3, 0.4) is 0 Å². The Morgan fingerprint density at radius 3 is 2.75 bits per heavy atom. The highest BCUT2D eigenvalue weighted by Gasteiger charge is 2.31. The molecule has 128 valence electrons. The van der Waals surface area contributed by atoms with Gasteiger partial charge in [-0.3, -0.25) is 4.68 Å². The quantitative estimate of drug-likeness (QED) is 0.860. The number of amides is 2. The van der Waals surface area contributed by atoms with Gasteiger partial charge in [0, 0.05) is 30.2 Å². The molecule has 0 bridgehead atoms. The number of nitrogens with zero attached hydrogens (tertiary/aromatic N) is 3. The molecule has 0 radical (unpaired) electrons. The molecule has 2 heterocycles. The van der Waals surface area contributed by atoms with Gasteiger partial charge in [-0.15, -0.1) is 11.8 Å². The number of aromatic nitrogens is 2. The molecule has 1 N–H and O–H groups in total. The van der Waals surface area contributed by atoms with Crippen molar-refractivity contribution in [1.82, 2.24) is 20.0 Å². The average Bonchev–Trinajstić information content (AvgIpc) is 3.23. The van der Waals surface area contributed by atoms with Crippen molar-refractivity contribution in [3.8, 4) is 0 Å². The van der Waals surface area contributed by atoms with E-state index in [-0.39, 0.29) is 18.1 Å². The van der Waals surface area contributed by atoms with Crippen molar-refractivity contribution in [3.05, 3.63) is 47.8 Å². The molecule has 1 aliphatic rings. The SMILES string of the molecule is CSc1ccc([C@@H](C)NC(=O)N2CCC[C@@H]2c2cnn(C)c2)cc1. The zero-order valence-electron chi connectivity index (χ0n) is 14.4. The van der Waals surface area contributed by atoms with E-state index in [0.29, 0.717) is 0 Å². The Bertz CT molecular complexity index is 697. The number of carbonyl (C=O) groups excluding carboxylic acids is 1. The maximum atomic E-state index is 12.7. The summed E-state index contributed by atoms with van der Waals surface area (Å²) in [4.78, 5) is 15.9. The lowest BCUT2D eigenvalue weighted by Crippen LogP contribution is -2.40. The number of thioether (sulfide) groups is 1. The summed E-state index contributed by atoms with van der Waals surface area (Å²) in [7, 11) is 1.91. The Hall–Kier alpha value is -1.95. The number of aryl methyl sites for hydroxylation is 1. The molecular weight excluding hydrogens is 320 g/mol. The summed E-state index contributed by atoms with van der Waals surface area (Å²) in [5.74, 6) is 0. The summed E-state index contributed by atoms with van der Waals surface area (Å²) in [6, 6.07) is 8.48. The van der Waals surface area contributed by atoms with Gasteiger partial charge in [0.05, 0.1) is 18.3 Å². The largest absolute Gasteiger partial charge is 0.331 e. The maximum absolute atomic E-state index is 12.7. The molecule has 2 atom stereocenters. The molecular formula is C18H24N4OS. The predicted octanol–water partition coefficient (Wildman–Crippen LogP) is 3.75. The fourth-order valence-electron chi connectivity index (χ4n) is 3.21. The van der Waals surface area contributed by atoms with E-state index in [1.807, 2.05) is 31.3 Å². The van der Waals surface area contributed by atoms with Crippen molar-refractivity contribution in [3.63, 3.8) is 0 Å². The maximum Gasteiger partial charge on any atom is 0.318 e. The molecule has 0 saturated carbocycles. The van der Waals surface area contributed by atoms with E-state index in [2.05, 4.69) is 40.9 Å². The monoisotopic (exact) mass is 344 g/mol. The first-order valence-corrected chi connectivity index (χ1v) is 9.50. The second kappa shape index (κ2) is 7.30. The van der Waals surface area contributed by atoms with E-state index >= 15 is 0 Å². The third kappa shape index (κ3) is 3.59. The highest BCUT2D eigenvalue weighted by atomic mass is 32.2. The van der Waals surface area contributed by atoms with E-state index in [9.17, 15) is 4.79 Å². The van der Waals surface area contributed by atoms with Gasteiger partial charge in [-0.05, 0) is 43.7 Å². The first-order chi connectivity index (χ1) is 11.6. The van der Waals surface area contributed by atoms with Crippen LogP contribution >= 0.6 is 11.8 Å². The molecule has 0 aliphatic carbocycles. The van der Waals surface area contributed by atoms with Gasteiger partial charge in [0.1, 0.15) is 0 Å². The fraction of sp³-hybridized carbons (Fsp3) is 0.444.